The van der Waals surface area contributed by atoms with Crippen LogP contribution < -0.4 is 4.72 Å². The molecule has 0 spiro atoms. The predicted molar refractivity (Wildman–Crippen MR) is 97.8 cm³/mol. The molecule has 0 aliphatic rings. The van der Waals surface area contributed by atoms with E-state index in [0.717, 1.165) is 10.5 Å². The van der Waals surface area contributed by atoms with Crippen LogP contribution in [0, 0.1) is 6.92 Å². The van der Waals surface area contributed by atoms with Gasteiger partial charge < -0.3 is 0 Å². The van der Waals surface area contributed by atoms with Crippen molar-refractivity contribution < 1.29 is 8.42 Å². The third kappa shape index (κ3) is 5.53. The second-order valence-corrected chi connectivity index (χ2v) is 9.21. The van der Waals surface area contributed by atoms with Gasteiger partial charge in [-0.2, -0.15) is 0 Å². The van der Waals surface area contributed by atoms with Gasteiger partial charge >= 0.3 is 0 Å². The van der Waals surface area contributed by atoms with E-state index >= 15 is 0 Å². The molecule has 23 heavy (non-hydrogen) atoms. The zero-order valence-electron chi connectivity index (χ0n) is 13.3. The lowest BCUT2D eigenvalue weighted by atomic mass is 10.1. The normalized spacial score (nSPS) is 12.3. The number of aryl methyl sites for hydroxylation is 1. The highest BCUT2D eigenvalue weighted by Crippen LogP contribution is 2.25. The van der Waals surface area contributed by atoms with Gasteiger partial charge in [0.15, 0.2) is 0 Å². The molecule has 3 nitrogen and oxygen atoms in total. The van der Waals surface area contributed by atoms with Crippen molar-refractivity contribution in [3.63, 3.8) is 0 Å². The van der Waals surface area contributed by atoms with E-state index in [-0.39, 0.29) is 4.90 Å². The lowest BCUT2D eigenvalue weighted by Crippen LogP contribution is -2.45. The molecule has 0 saturated heterocycles. The van der Waals surface area contributed by atoms with Crippen molar-refractivity contribution in [3.8, 4) is 0 Å². The summed E-state index contributed by atoms with van der Waals surface area (Å²) in [6, 6.07) is 14.4. The maximum absolute atomic E-state index is 12.5. The second-order valence-electron chi connectivity index (χ2n) is 6.05. The van der Waals surface area contributed by atoms with Crippen LogP contribution in [0.3, 0.4) is 0 Å². The monoisotopic (exact) mass is 369 g/mol. The number of nitrogens with one attached hydrogen (secondary N) is 1. The van der Waals surface area contributed by atoms with E-state index < -0.39 is 15.6 Å². The molecule has 0 amide bonds. The van der Waals surface area contributed by atoms with Crippen molar-refractivity contribution in [1.82, 2.24) is 4.72 Å². The van der Waals surface area contributed by atoms with Gasteiger partial charge in [0.05, 0.1) is 4.90 Å². The number of hydrogen-bond donors (Lipinski definition) is 1. The molecule has 6 heteroatoms. The summed E-state index contributed by atoms with van der Waals surface area (Å²) < 4.78 is 27.7. The first-order chi connectivity index (χ1) is 10.7. The van der Waals surface area contributed by atoms with E-state index in [1.165, 1.54) is 0 Å². The number of thioether (sulfide) groups is 1. The average molecular weight is 370 g/mol. The standard InChI is InChI=1S/C17H20ClNO2S2/c1-13-4-10-16(11-5-13)23(20,21)19-17(2,3)12-22-15-8-6-14(18)7-9-15/h4-11,19H,12H2,1-3H3. The van der Waals surface area contributed by atoms with Gasteiger partial charge in [-0.1, -0.05) is 29.3 Å². The summed E-state index contributed by atoms with van der Waals surface area (Å²) in [6.07, 6.45) is 0. The minimum atomic E-state index is -3.53. The Morgan fingerprint density at radius 3 is 2.17 bits per heavy atom. The minimum Gasteiger partial charge on any atom is -0.207 e. The first kappa shape index (κ1) is 18.3. The van der Waals surface area contributed by atoms with E-state index in [1.807, 2.05) is 45.0 Å². The summed E-state index contributed by atoms with van der Waals surface area (Å²) in [4.78, 5) is 1.34. The van der Waals surface area contributed by atoms with Gasteiger partial charge in [0.2, 0.25) is 10.0 Å². The van der Waals surface area contributed by atoms with Crippen LogP contribution >= 0.6 is 23.4 Å². The van der Waals surface area contributed by atoms with Gasteiger partial charge in [0, 0.05) is 21.2 Å². The Hall–Kier alpha value is -1.01. The first-order valence-corrected chi connectivity index (χ1v) is 10.0. The number of hydrogen-bond acceptors (Lipinski definition) is 3. The zero-order valence-corrected chi connectivity index (χ0v) is 15.7. The van der Waals surface area contributed by atoms with Crippen molar-refractivity contribution >= 4 is 33.4 Å². The van der Waals surface area contributed by atoms with Crippen LogP contribution in [-0.4, -0.2) is 19.7 Å². The molecule has 0 heterocycles. The van der Waals surface area contributed by atoms with Crippen LogP contribution in [0.2, 0.25) is 5.02 Å². The van der Waals surface area contributed by atoms with Gasteiger partial charge in [-0.25, -0.2) is 13.1 Å². The van der Waals surface area contributed by atoms with E-state index in [4.69, 9.17) is 11.6 Å². The number of rotatable bonds is 6. The topological polar surface area (TPSA) is 46.2 Å². The van der Waals surface area contributed by atoms with Gasteiger partial charge in [-0.05, 0) is 57.2 Å². The van der Waals surface area contributed by atoms with Gasteiger partial charge in [0.1, 0.15) is 0 Å². The molecule has 0 unspecified atom stereocenters. The molecule has 2 aromatic rings. The molecule has 0 saturated carbocycles. The highest BCUT2D eigenvalue weighted by atomic mass is 35.5. The van der Waals surface area contributed by atoms with Gasteiger partial charge in [-0.3, -0.25) is 0 Å². The zero-order chi connectivity index (χ0) is 17.1. The molecule has 0 atom stereocenters. The van der Waals surface area contributed by atoms with Crippen molar-refractivity contribution in [3.05, 3.63) is 59.1 Å². The van der Waals surface area contributed by atoms with Crippen LogP contribution in [-0.2, 0) is 10.0 Å². The van der Waals surface area contributed by atoms with Crippen molar-refractivity contribution in [2.24, 2.45) is 0 Å². The van der Waals surface area contributed by atoms with Gasteiger partial charge in [-0.15, -0.1) is 11.8 Å². The fourth-order valence-corrected chi connectivity index (χ4v) is 4.52. The molecule has 2 aromatic carbocycles. The number of benzene rings is 2. The van der Waals surface area contributed by atoms with Gasteiger partial charge in [0.25, 0.3) is 0 Å². The van der Waals surface area contributed by atoms with Crippen LogP contribution in [0.4, 0.5) is 0 Å². The first-order valence-electron chi connectivity index (χ1n) is 7.17. The fraction of sp³-hybridized carbons (Fsp3) is 0.294. The Labute approximate surface area is 147 Å². The Morgan fingerprint density at radius 2 is 1.61 bits per heavy atom. The lowest BCUT2D eigenvalue weighted by molar-refractivity contribution is 0.498. The molecule has 0 aliphatic heterocycles. The largest absolute Gasteiger partial charge is 0.241 e. The summed E-state index contributed by atoms with van der Waals surface area (Å²) in [5, 5.41) is 0.689. The minimum absolute atomic E-state index is 0.285. The fourth-order valence-electron chi connectivity index (χ4n) is 1.96. The van der Waals surface area contributed by atoms with Crippen LogP contribution in [0.15, 0.2) is 58.3 Å². The summed E-state index contributed by atoms with van der Waals surface area (Å²) in [7, 11) is -3.53. The smallest absolute Gasteiger partial charge is 0.207 e. The molecule has 2 rings (SSSR count). The Balaban J connectivity index is 2.04. The van der Waals surface area contributed by atoms with Crippen LogP contribution in [0.5, 0.6) is 0 Å². The Morgan fingerprint density at radius 1 is 1.04 bits per heavy atom. The molecule has 1 N–H and O–H groups in total. The molecule has 0 radical (unpaired) electrons. The maximum atomic E-state index is 12.5. The molecule has 0 aliphatic carbocycles. The van der Waals surface area contributed by atoms with E-state index in [9.17, 15) is 8.42 Å². The third-order valence-corrected chi connectivity index (χ3v) is 6.59. The van der Waals surface area contributed by atoms with Crippen molar-refractivity contribution in [2.45, 2.75) is 36.1 Å². The average Bonchev–Trinajstić information content (AvgIpc) is 2.46. The lowest BCUT2D eigenvalue weighted by Gasteiger charge is -2.25. The van der Waals surface area contributed by atoms with Crippen molar-refractivity contribution in [1.29, 1.82) is 0 Å². The highest BCUT2D eigenvalue weighted by Gasteiger charge is 2.26. The van der Waals surface area contributed by atoms with E-state index in [1.54, 1.807) is 36.0 Å². The summed E-state index contributed by atoms with van der Waals surface area (Å²) >= 11 is 7.46. The number of sulfonamides is 1. The van der Waals surface area contributed by atoms with E-state index in [0.29, 0.717) is 10.8 Å². The molecular formula is C17H20ClNO2S2. The Kier molecular flexibility index (Phi) is 5.79. The number of halogens is 1. The molecule has 0 bridgehead atoms. The van der Waals surface area contributed by atoms with Crippen LogP contribution in [0.25, 0.3) is 0 Å². The molecule has 0 aromatic heterocycles. The molecule has 0 fully saturated rings. The quantitative estimate of drug-likeness (QED) is 0.762. The van der Waals surface area contributed by atoms with Crippen LogP contribution in [0.1, 0.15) is 19.4 Å². The summed E-state index contributed by atoms with van der Waals surface area (Å²) in [5.74, 6) is 0.611. The molecular weight excluding hydrogens is 350 g/mol. The third-order valence-electron chi connectivity index (χ3n) is 3.16. The second kappa shape index (κ2) is 7.26. The highest BCUT2D eigenvalue weighted by molar-refractivity contribution is 7.99. The van der Waals surface area contributed by atoms with E-state index in [2.05, 4.69) is 4.72 Å². The Bertz CT molecular complexity index is 754. The van der Waals surface area contributed by atoms with Crippen molar-refractivity contribution in [2.75, 3.05) is 5.75 Å². The maximum Gasteiger partial charge on any atom is 0.241 e. The molecule has 124 valence electrons. The predicted octanol–water partition coefficient (Wildman–Crippen LogP) is 4.50. The SMILES string of the molecule is Cc1ccc(S(=O)(=O)NC(C)(C)CSc2ccc(Cl)cc2)cc1. The summed E-state index contributed by atoms with van der Waals surface area (Å²) in [6.45, 7) is 5.68. The summed E-state index contributed by atoms with van der Waals surface area (Å²) in [5.41, 5.74) is 0.454.